The zero-order valence-corrected chi connectivity index (χ0v) is 22.8. The van der Waals surface area contributed by atoms with E-state index in [9.17, 15) is 19.8 Å². The molecule has 1 aliphatic rings. The maximum absolute atomic E-state index is 12.0. The number of benzene rings is 2. The molecule has 2 aromatic carbocycles. The van der Waals surface area contributed by atoms with Crippen molar-refractivity contribution in [3.63, 3.8) is 0 Å². The minimum atomic E-state index is -1.10. The van der Waals surface area contributed by atoms with Gasteiger partial charge in [0.25, 0.3) is 0 Å². The molecule has 0 aliphatic carbocycles. The second kappa shape index (κ2) is 11.4. The first kappa shape index (κ1) is 27.3. The van der Waals surface area contributed by atoms with E-state index in [0.717, 1.165) is 0 Å². The summed E-state index contributed by atoms with van der Waals surface area (Å²) in [6, 6.07) is 14.4. The average molecular weight is 582 g/mol. The number of aryl methyl sites for hydroxylation is 1. The van der Waals surface area contributed by atoms with Gasteiger partial charge in [0, 0.05) is 17.1 Å². The van der Waals surface area contributed by atoms with Crippen LogP contribution in [0.4, 0.5) is 23.0 Å². The summed E-state index contributed by atoms with van der Waals surface area (Å²) in [5.74, 6) is 0.142. The van der Waals surface area contributed by atoms with Gasteiger partial charge in [-0.25, -0.2) is 19.6 Å². The van der Waals surface area contributed by atoms with E-state index in [2.05, 4.69) is 20.6 Å². The predicted molar refractivity (Wildman–Crippen MR) is 153 cm³/mol. The molecular formula is C28H25Cl2N5O5. The number of carboxylic acids is 2. The van der Waals surface area contributed by atoms with Gasteiger partial charge < -0.3 is 30.2 Å². The van der Waals surface area contributed by atoms with Gasteiger partial charge in [-0.3, -0.25) is 0 Å². The van der Waals surface area contributed by atoms with Gasteiger partial charge in [0.15, 0.2) is 11.6 Å². The average Bonchev–Trinajstić information content (AvgIpc) is 3.60. The second-order valence-corrected chi connectivity index (χ2v) is 10.1. The number of hydrogen-bond donors (Lipinski definition) is 4. The fraction of sp³-hybridized carbons (Fsp3) is 0.214. The molecule has 0 bridgehead atoms. The van der Waals surface area contributed by atoms with Crippen molar-refractivity contribution in [2.45, 2.75) is 32.4 Å². The Labute approximate surface area is 239 Å². The van der Waals surface area contributed by atoms with Gasteiger partial charge in [-0.2, -0.15) is 0 Å². The lowest BCUT2D eigenvalue weighted by atomic mass is 10.1. The molecule has 10 nitrogen and oxygen atoms in total. The molecule has 2 aromatic heterocycles. The zero-order chi connectivity index (χ0) is 28.4. The third-order valence-electron chi connectivity index (χ3n) is 6.52. The van der Waals surface area contributed by atoms with Crippen LogP contribution in [0.3, 0.4) is 0 Å². The lowest BCUT2D eigenvalue weighted by molar-refractivity contribution is -0.138. The molecule has 4 N–H and O–H groups in total. The molecule has 0 spiro atoms. The number of furan rings is 1. The van der Waals surface area contributed by atoms with Crippen molar-refractivity contribution in [3.05, 3.63) is 81.8 Å². The Balaban J connectivity index is 1.52. The summed E-state index contributed by atoms with van der Waals surface area (Å²) in [6.07, 6.45) is 1.16. The largest absolute Gasteiger partial charge is 0.480 e. The predicted octanol–water partition coefficient (Wildman–Crippen LogP) is 6.46. The molecule has 1 unspecified atom stereocenters. The van der Waals surface area contributed by atoms with Crippen LogP contribution in [0.25, 0.3) is 11.3 Å². The smallest absolute Gasteiger partial charge is 0.337 e. The van der Waals surface area contributed by atoms with E-state index < -0.39 is 18.0 Å². The van der Waals surface area contributed by atoms with Gasteiger partial charge in [-0.05, 0) is 62.2 Å². The first-order chi connectivity index (χ1) is 19.2. The fourth-order valence-corrected chi connectivity index (χ4v) is 5.06. The number of aliphatic carboxylic acids is 1. The standard InChI is InChI=1S/C28H25Cl2N5O5/c1-15-32-25(34-21-6-3-2-5-18(21)27(36)37)24(26(33-15)35-12-4-7-22(35)28(38)39)31-14-17-9-11-23(40-17)19-13-16(29)8-10-20(19)30/h2-3,5-6,8-11,13,22,31H,4,7,12,14H2,1H3,(H,36,37)(H,38,39)(H,32,33,34). The minimum Gasteiger partial charge on any atom is -0.480 e. The first-order valence-electron chi connectivity index (χ1n) is 12.5. The second-order valence-electron chi connectivity index (χ2n) is 9.23. The molecule has 1 fully saturated rings. The Bertz CT molecular complexity index is 1590. The van der Waals surface area contributed by atoms with Crippen LogP contribution in [-0.2, 0) is 11.3 Å². The molecular weight excluding hydrogens is 557 g/mol. The molecule has 3 heterocycles. The molecule has 1 aliphatic heterocycles. The highest BCUT2D eigenvalue weighted by atomic mass is 35.5. The van der Waals surface area contributed by atoms with E-state index in [1.807, 2.05) is 0 Å². The fourth-order valence-electron chi connectivity index (χ4n) is 4.68. The van der Waals surface area contributed by atoms with Crippen LogP contribution in [0.15, 0.2) is 59.0 Å². The molecule has 4 aromatic rings. The quantitative estimate of drug-likeness (QED) is 0.174. The van der Waals surface area contributed by atoms with E-state index in [0.29, 0.717) is 75.4 Å². The third-order valence-corrected chi connectivity index (χ3v) is 7.08. The first-order valence-corrected chi connectivity index (χ1v) is 13.2. The summed E-state index contributed by atoms with van der Waals surface area (Å²) in [7, 11) is 0. The van der Waals surface area contributed by atoms with Crippen molar-refractivity contribution in [2.24, 2.45) is 0 Å². The summed E-state index contributed by atoms with van der Waals surface area (Å²) >= 11 is 12.5. The highest BCUT2D eigenvalue weighted by molar-refractivity contribution is 6.35. The molecule has 5 rings (SSSR count). The molecule has 0 radical (unpaired) electrons. The van der Waals surface area contributed by atoms with Gasteiger partial charge in [0.05, 0.1) is 22.8 Å². The van der Waals surface area contributed by atoms with E-state index in [1.54, 1.807) is 60.4 Å². The van der Waals surface area contributed by atoms with Crippen LogP contribution < -0.4 is 15.5 Å². The maximum Gasteiger partial charge on any atom is 0.337 e. The van der Waals surface area contributed by atoms with Gasteiger partial charge in [0.2, 0.25) is 0 Å². The number of aromatic carboxylic acids is 1. The number of aromatic nitrogens is 2. The van der Waals surface area contributed by atoms with Gasteiger partial charge in [0.1, 0.15) is 29.1 Å². The van der Waals surface area contributed by atoms with E-state index in [4.69, 9.17) is 27.6 Å². The van der Waals surface area contributed by atoms with Crippen LogP contribution in [0.5, 0.6) is 0 Å². The molecule has 1 saturated heterocycles. The molecule has 1 atom stereocenters. The molecule has 40 heavy (non-hydrogen) atoms. The number of nitrogens with zero attached hydrogens (tertiary/aromatic N) is 3. The third kappa shape index (κ3) is 5.68. The van der Waals surface area contributed by atoms with Gasteiger partial charge >= 0.3 is 11.9 Å². The number of carbonyl (C=O) groups is 2. The number of hydrogen-bond acceptors (Lipinski definition) is 8. The Morgan fingerprint density at radius 3 is 2.67 bits per heavy atom. The Morgan fingerprint density at radius 1 is 1.10 bits per heavy atom. The number of anilines is 4. The maximum atomic E-state index is 12.0. The molecule has 12 heteroatoms. The van der Waals surface area contributed by atoms with Crippen LogP contribution in [0, 0.1) is 6.92 Å². The molecule has 0 saturated carbocycles. The lowest BCUT2D eigenvalue weighted by Gasteiger charge is -2.27. The summed E-state index contributed by atoms with van der Waals surface area (Å²) in [5.41, 5.74) is 1.45. The molecule has 206 valence electrons. The highest BCUT2D eigenvalue weighted by Crippen LogP contribution is 2.38. The van der Waals surface area contributed by atoms with Crippen LogP contribution in [0.1, 0.15) is 34.8 Å². The zero-order valence-electron chi connectivity index (χ0n) is 21.3. The summed E-state index contributed by atoms with van der Waals surface area (Å²) in [5, 5.41) is 27.0. The summed E-state index contributed by atoms with van der Waals surface area (Å²) in [6.45, 7) is 2.38. The lowest BCUT2D eigenvalue weighted by Crippen LogP contribution is -2.37. The minimum absolute atomic E-state index is 0.0601. The van der Waals surface area contributed by atoms with Crippen LogP contribution >= 0.6 is 23.2 Å². The van der Waals surface area contributed by atoms with Crippen molar-refractivity contribution >= 4 is 58.2 Å². The van der Waals surface area contributed by atoms with Crippen molar-refractivity contribution in [1.29, 1.82) is 0 Å². The number of halogens is 2. The highest BCUT2D eigenvalue weighted by Gasteiger charge is 2.34. The Hall–Kier alpha value is -4.28. The van der Waals surface area contributed by atoms with E-state index in [-0.39, 0.29) is 12.1 Å². The van der Waals surface area contributed by atoms with Crippen molar-refractivity contribution in [3.8, 4) is 11.3 Å². The number of para-hydroxylation sites is 1. The summed E-state index contributed by atoms with van der Waals surface area (Å²) < 4.78 is 6.03. The normalized spacial score (nSPS) is 14.8. The van der Waals surface area contributed by atoms with Gasteiger partial charge in [-0.1, -0.05) is 35.3 Å². The number of carboxylic acid groups (broad SMARTS) is 2. The van der Waals surface area contributed by atoms with Crippen LogP contribution in [0.2, 0.25) is 10.0 Å². The topological polar surface area (TPSA) is 141 Å². The van der Waals surface area contributed by atoms with Crippen molar-refractivity contribution < 1.29 is 24.2 Å². The Kier molecular flexibility index (Phi) is 7.81. The van der Waals surface area contributed by atoms with Crippen molar-refractivity contribution in [1.82, 2.24) is 9.97 Å². The van der Waals surface area contributed by atoms with E-state index in [1.165, 1.54) is 6.07 Å². The Morgan fingerprint density at radius 2 is 1.90 bits per heavy atom. The van der Waals surface area contributed by atoms with Gasteiger partial charge in [-0.15, -0.1) is 0 Å². The number of rotatable bonds is 9. The van der Waals surface area contributed by atoms with Crippen LogP contribution in [-0.4, -0.2) is 44.7 Å². The van der Waals surface area contributed by atoms with E-state index >= 15 is 0 Å². The number of nitrogens with one attached hydrogen (secondary N) is 2. The van der Waals surface area contributed by atoms with Crippen molar-refractivity contribution in [2.75, 3.05) is 22.1 Å². The monoisotopic (exact) mass is 581 g/mol. The summed E-state index contributed by atoms with van der Waals surface area (Å²) in [4.78, 5) is 34.7. The SMILES string of the molecule is Cc1nc(Nc2ccccc2C(=O)O)c(NCc2ccc(-c3cc(Cl)ccc3Cl)o2)c(N2CCCC2C(=O)O)n1. The molecule has 0 amide bonds.